The first-order valence-corrected chi connectivity index (χ1v) is 9.45. The van der Waals surface area contributed by atoms with E-state index >= 15 is 0 Å². The number of amides is 1. The largest absolute Gasteiger partial charge is 0.480 e. The molecule has 4 N–H and O–H groups in total. The molecular formula is C16H30BN5O7. The second kappa shape index (κ2) is 13.1. The molecule has 0 aromatic rings. The van der Waals surface area contributed by atoms with Gasteiger partial charge in [0.25, 0.3) is 0 Å². The molecule has 0 spiro atoms. The highest BCUT2D eigenvalue weighted by atomic mass is 16.4. The van der Waals surface area contributed by atoms with E-state index in [2.05, 4.69) is 5.23 Å². The third kappa shape index (κ3) is 11.4. The highest BCUT2D eigenvalue weighted by Gasteiger charge is 2.20. The fourth-order valence-corrected chi connectivity index (χ4v) is 3.07. The summed E-state index contributed by atoms with van der Waals surface area (Å²) in [5.41, 5.74) is 0. The smallest absolute Gasteiger partial charge is 0.317 e. The van der Waals surface area contributed by atoms with Gasteiger partial charge in [0.1, 0.15) is 0 Å². The molecule has 0 bridgehead atoms. The number of aliphatic carboxylic acids is 3. The van der Waals surface area contributed by atoms with Gasteiger partial charge in [-0.2, -0.15) is 0 Å². The van der Waals surface area contributed by atoms with Crippen LogP contribution < -0.4 is 5.23 Å². The van der Waals surface area contributed by atoms with Crippen molar-refractivity contribution < 1.29 is 34.5 Å². The molecule has 0 atom stereocenters. The standard InChI is InChI=1S/C16H30BN5O7/c17-18-13(23)9-19-1-3-20(10-14(24)25)5-7-22(12-16(28)29)8-6-21(4-2-19)11-15(26)27/h1-12,17H2,(H,18,23)(H,24,25)(H,26,27)(H,28,29). The molecule has 1 heterocycles. The summed E-state index contributed by atoms with van der Waals surface area (Å²) in [6.07, 6.45) is 0. The van der Waals surface area contributed by atoms with Gasteiger partial charge < -0.3 is 20.5 Å². The summed E-state index contributed by atoms with van der Waals surface area (Å²) in [4.78, 5) is 52.2. The summed E-state index contributed by atoms with van der Waals surface area (Å²) in [7, 11) is 1.53. The van der Waals surface area contributed by atoms with E-state index < -0.39 is 17.9 Å². The molecule has 1 rings (SSSR count). The number of carbonyl (C=O) groups excluding carboxylic acids is 1. The Bertz CT molecular complexity index is 548. The number of hydrogen-bond acceptors (Lipinski definition) is 8. The fraction of sp³-hybridized carbons (Fsp3) is 0.750. The predicted octanol–water partition coefficient (Wildman–Crippen LogP) is -3.87. The summed E-state index contributed by atoms with van der Waals surface area (Å²) >= 11 is 0. The lowest BCUT2D eigenvalue weighted by Gasteiger charge is -2.32. The Labute approximate surface area is 170 Å². The molecule has 1 aliphatic rings. The van der Waals surface area contributed by atoms with Crippen LogP contribution in [-0.2, 0) is 19.2 Å². The first-order valence-electron chi connectivity index (χ1n) is 9.45. The van der Waals surface area contributed by atoms with Gasteiger partial charge in [-0.3, -0.25) is 38.8 Å². The molecule has 1 aliphatic heterocycles. The van der Waals surface area contributed by atoms with Crippen molar-refractivity contribution in [2.75, 3.05) is 78.5 Å². The van der Waals surface area contributed by atoms with Gasteiger partial charge in [0.2, 0.25) is 13.9 Å². The van der Waals surface area contributed by atoms with E-state index in [0.29, 0.717) is 52.4 Å². The van der Waals surface area contributed by atoms with E-state index in [1.54, 1.807) is 14.7 Å². The van der Waals surface area contributed by atoms with Crippen molar-refractivity contribution >= 4 is 31.8 Å². The Morgan fingerprint density at radius 2 is 0.828 bits per heavy atom. The molecule has 0 aromatic heterocycles. The van der Waals surface area contributed by atoms with Crippen molar-refractivity contribution in [3.05, 3.63) is 0 Å². The van der Waals surface area contributed by atoms with Crippen LogP contribution in [-0.4, -0.2) is 145 Å². The van der Waals surface area contributed by atoms with Crippen molar-refractivity contribution in [1.82, 2.24) is 24.8 Å². The van der Waals surface area contributed by atoms with Crippen LogP contribution in [0.5, 0.6) is 0 Å². The summed E-state index contributed by atoms with van der Waals surface area (Å²) in [5, 5.41) is 30.0. The lowest BCUT2D eigenvalue weighted by atomic mass is 10.3. The van der Waals surface area contributed by atoms with E-state index in [4.69, 9.17) is 15.3 Å². The molecule has 0 unspecified atom stereocenters. The van der Waals surface area contributed by atoms with Crippen LogP contribution in [0.15, 0.2) is 0 Å². The van der Waals surface area contributed by atoms with E-state index in [-0.39, 0.29) is 32.1 Å². The molecule has 1 amide bonds. The topological polar surface area (TPSA) is 154 Å². The maximum Gasteiger partial charge on any atom is 0.317 e. The second-order valence-electron chi connectivity index (χ2n) is 6.96. The van der Waals surface area contributed by atoms with Crippen molar-refractivity contribution in [2.45, 2.75) is 0 Å². The number of carboxylic acid groups (broad SMARTS) is 3. The lowest BCUT2D eigenvalue weighted by molar-refractivity contribution is -0.140. The van der Waals surface area contributed by atoms with Gasteiger partial charge in [0.15, 0.2) is 0 Å². The number of carboxylic acids is 3. The van der Waals surface area contributed by atoms with Gasteiger partial charge in [0, 0.05) is 52.4 Å². The van der Waals surface area contributed by atoms with Crippen LogP contribution in [0, 0.1) is 0 Å². The molecule has 0 aromatic carbocycles. The summed E-state index contributed by atoms with van der Waals surface area (Å²) in [6.45, 7) is 2.60. The highest BCUT2D eigenvalue weighted by molar-refractivity contribution is 6.14. The zero-order valence-electron chi connectivity index (χ0n) is 16.7. The second-order valence-corrected chi connectivity index (χ2v) is 6.96. The first-order chi connectivity index (χ1) is 13.7. The molecule has 164 valence electrons. The molecule has 1 fully saturated rings. The van der Waals surface area contributed by atoms with E-state index in [9.17, 15) is 19.2 Å². The van der Waals surface area contributed by atoms with E-state index in [1.807, 2.05) is 4.90 Å². The zero-order valence-corrected chi connectivity index (χ0v) is 16.7. The Kier molecular flexibility index (Phi) is 11.2. The molecule has 0 saturated carbocycles. The monoisotopic (exact) mass is 415 g/mol. The zero-order chi connectivity index (χ0) is 21.8. The summed E-state index contributed by atoms with van der Waals surface area (Å²) in [6, 6.07) is 0. The minimum Gasteiger partial charge on any atom is -0.480 e. The third-order valence-electron chi connectivity index (χ3n) is 4.65. The molecular weight excluding hydrogens is 385 g/mol. The average Bonchev–Trinajstić information content (AvgIpc) is 2.62. The van der Waals surface area contributed by atoms with Crippen molar-refractivity contribution in [1.29, 1.82) is 0 Å². The van der Waals surface area contributed by atoms with Crippen LogP contribution in [0.25, 0.3) is 0 Å². The Morgan fingerprint density at radius 1 is 0.586 bits per heavy atom. The van der Waals surface area contributed by atoms with Crippen LogP contribution in [0.1, 0.15) is 0 Å². The quantitative estimate of drug-likeness (QED) is 0.288. The lowest BCUT2D eigenvalue weighted by Crippen LogP contribution is -2.49. The fourth-order valence-electron chi connectivity index (χ4n) is 3.07. The first kappa shape index (κ1) is 24.8. The maximum atomic E-state index is 11.8. The third-order valence-corrected chi connectivity index (χ3v) is 4.65. The van der Waals surface area contributed by atoms with Gasteiger partial charge in [-0.25, -0.2) is 0 Å². The summed E-state index contributed by atoms with van der Waals surface area (Å²) in [5.74, 6) is -3.14. The predicted molar refractivity (Wildman–Crippen MR) is 105 cm³/mol. The number of nitrogens with zero attached hydrogens (tertiary/aromatic N) is 4. The van der Waals surface area contributed by atoms with Gasteiger partial charge in [-0.05, 0) is 0 Å². The molecule has 0 radical (unpaired) electrons. The van der Waals surface area contributed by atoms with Crippen molar-refractivity contribution in [3.8, 4) is 0 Å². The van der Waals surface area contributed by atoms with Crippen LogP contribution >= 0.6 is 0 Å². The average molecular weight is 415 g/mol. The van der Waals surface area contributed by atoms with Gasteiger partial charge in [-0.1, -0.05) is 0 Å². The number of hydrogen-bond donors (Lipinski definition) is 4. The minimum atomic E-state index is -0.997. The molecule has 29 heavy (non-hydrogen) atoms. The molecule has 0 aliphatic carbocycles. The minimum absolute atomic E-state index is 0.128. The van der Waals surface area contributed by atoms with Gasteiger partial charge >= 0.3 is 17.9 Å². The van der Waals surface area contributed by atoms with Crippen LogP contribution in [0.2, 0.25) is 0 Å². The Hall–Kier alpha value is -2.22. The van der Waals surface area contributed by atoms with Gasteiger partial charge in [0.05, 0.1) is 26.2 Å². The Morgan fingerprint density at radius 3 is 1.03 bits per heavy atom. The number of rotatable bonds is 8. The number of nitrogens with one attached hydrogen (secondary N) is 1. The van der Waals surface area contributed by atoms with Crippen molar-refractivity contribution in [3.63, 3.8) is 0 Å². The maximum absolute atomic E-state index is 11.8. The molecule has 12 nitrogen and oxygen atoms in total. The molecule has 1 saturated heterocycles. The van der Waals surface area contributed by atoms with E-state index in [0.717, 1.165) is 0 Å². The van der Waals surface area contributed by atoms with Crippen molar-refractivity contribution in [2.24, 2.45) is 0 Å². The Balaban J connectivity index is 2.92. The normalized spacial score (nSPS) is 19.0. The van der Waals surface area contributed by atoms with Gasteiger partial charge in [-0.15, -0.1) is 0 Å². The molecule has 13 heteroatoms. The van der Waals surface area contributed by atoms with Crippen LogP contribution in [0.3, 0.4) is 0 Å². The van der Waals surface area contributed by atoms with Crippen LogP contribution in [0.4, 0.5) is 0 Å². The number of carbonyl (C=O) groups is 4. The summed E-state index contributed by atoms with van der Waals surface area (Å²) < 4.78 is 0. The van der Waals surface area contributed by atoms with E-state index in [1.165, 1.54) is 7.98 Å². The highest BCUT2D eigenvalue weighted by Crippen LogP contribution is 2.01. The SMILES string of the molecule is BNC(=O)CN1CCN(CC(=O)O)CCN(CC(=O)O)CCN(CC(=O)O)CC1.